The van der Waals surface area contributed by atoms with Crippen molar-refractivity contribution in [2.45, 2.75) is 72.3 Å². The van der Waals surface area contributed by atoms with E-state index in [1.807, 2.05) is 6.08 Å². The summed E-state index contributed by atoms with van der Waals surface area (Å²) in [5, 5.41) is 10.8. The Bertz CT molecular complexity index is 448. The zero-order chi connectivity index (χ0) is 15.9. The van der Waals surface area contributed by atoms with Crippen molar-refractivity contribution in [3.8, 4) is 0 Å². The van der Waals surface area contributed by atoms with Gasteiger partial charge in [0.25, 0.3) is 0 Å². The van der Waals surface area contributed by atoms with Crippen LogP contribution in [0.25, 0.3) is 0 Å². The largest absolute Gasteiger partial charge is 0.386 e. The fraction of sp³-hybridized carbons (Fsp3) is 0.600. The van der Waals surface area contributed by atoms with Gasteiger partial charge >= 0.3 is 0 Å². The van der Waals surface area contributed by atoms with Crippen molar-refractivity contribution in [1.29, 1.82) is 0 Å². The Balaban J connectivity index is 2.96. The second-order valence-electron chi connectivity index (χ2n) is 6.81. The molecule has 0 heterocycles. The third kappa shape index (κ3) is 6.48. The Morgan fingerprint density at radius 3 is 2.38 bits per heavy atom. The molecule has 118 valence electrons. The van der Waals surface area contributed by atoms with Gasteiger partial charge < -0.3 is 5.11 Å². The van der Waals surface area contributed by atoms with Crippen molar-refractivity contribution in [1.82, 2.24) is 0 Å². The summed E-state index contributed by atoms with van der Waals surface area (Å²) in [6.07, 6.45) is 15.9. The Labute approximate surface area is 131 Å². The summed E-state index contributed by atoms with van der Waals surface area (Å²) >= 11 is 0. The summed E-state index contributed by atoms with van der Waals surface area (Å²) in [6.45, 7) is 10.7. The normalized spacial score (nSPS) is 34.9. The van der Waals surface area contributed by atoms with Crippen molar-refractivity contribution < 1.29 is 5.11 Å². The molecule has 0 bridgehead atoms. The van der Waals surface area contributed by atoms with Gasteiger partial charge in [-0.25, -0.2) is 0 Å². The SMILES string of the molecule is CC1=C/CC/C(C)=C\C/C(C)=C\CC[C@@](O)(C(C)C)\C=C\1. The van der Waals surface area contributed by atoms with Gasteiger partial charge in [0.05, 0.1) is 5.60 Å². The number of hydrogen-bond acceptors (Lipinski definition) is 1. The van der Waals surface area contributed by atoms with Crippen LogP contribution in [0.4, 0.5) is 0 Å². The lowest BCUT2D eigenvalue weighted by atomic mass is 9.84. The minimum absolute atomic E-state index is 0.227. The van der Waals surface area contributed by atoms with Gasteiger partial charge in [-0.1, -0.05) is 60.9 Å². The highest BCUT2D eigenvalue weighted by Crippen LogP contribution is 2.26. The maximum Gasteiger partial charge on any atom is 0.0856 e. The zero-order valence-electron chi connectivity index (χ0n) is 14.4. The van der Waals surface area contributed by atoms with Crippen molar-refractivity contribution in [3.63, 3.8) is 0 Å². The number of aliphatic hydroxyl groups is 1. The molecule has 1 heteroatoms. The number of rotatable bonds is 1. The van der Waals surface area contributed by atoms with E-state index >= 15 is 0 Å². The summed E-state index contributed by atoms with van der Waals surface area (Å²) in [4.78, 5) is 0. The number of allylic oxidation sites excluding steroid dienone is 7. The van der Waals surface area contributed by atoms with Crippen LogP contribution >= 0.6 is 0 Å². The lowest BCUT2D eigenvalue weighted by Gasteiger charge is -2.29. The van der Waals surface area contributed by atoms with Gasteiger partial charge in [-0.3, -0.25) is 0 Å². The summed E-state index contributed by atoms with van der Waals surface area (Å²) < 4.78 is 0. The van der Waals surface area contributed by atoms with Gasteiger partial charge in [0, 0.05) is 0 Å². The van der Waals surface area contributed by atoms with Crippen LogP contribution in [0.15, 0.2) is 47.1 Å². The molecule has 21 heavy (non-hydrogen) atoms. The zero-order valence-corrected chi connectivity index (χ0v) is 14.4. The lowest BCUT2D eigenvalue weighted by Crippen LogP contribution is -2.32. The molecule has 0 saturated heterocycles. The molecular formula is C20H32O. The van der Waals surface area contributed by atoms with Crippen molar-refractivity contribution >= 4 is 0 Å². The molecule has 1 aliphatic carbocycles. The van der Waals surface area contributed by atoms with Crippen LogP contribution < -0.4 is 0 Å². The van der Waals surface area contributed by atoms with Crippen LogP contribution in [0.1, 0.15) is 66.7 Å². The van der Waals surface area contributed by atoms with Gasteiger partial charge in [0.1, 0.15) is 0 Å². The van der Waals surface area contributed by atoms with E-state index < -0.39 is 5.60 Å². The second kappa shape index (κ2) is 8.38. The van der Waals surface area contributed by atoms with Crippen LogP contribution in [0, 0.1) is 5.92 Å². The molecular weight excluding hydrogens is 256 g/mol. The first-order valence-corrected chi connectivity index (χ1v) is 8.23. The molecule has 0 fully saturated rings. The minimum atomic E-state index is -0.707. The van der Waals surface area contributed by atoms with Crippen molar-refractivity contribution in [2.75, 3.05) is 0 Å². The van der Waals surface area contributed by atoms with E-state index in [9.17, 15) is 5.11 Å². The monoisotopic (exact) mass is 288 g/mol. The van der Waals surface area contributed by atoms with E-state index in [1.165, 1.54) is 16.7 Å². The highest BCUT2D eigenvalue weighted by atomic mass is 16.3. The average molecular weight is 288 g/mol. The van der Waals surface area contributed by atoms with E-state index in [2.05, 4.69) is 58.9 Å². The molecule has 1 atom stereocenters. The van der Waals surface area contributed by atoms with Gasteiger partial charge in [0.2, 0.25) is 0 Å². The maximum atomic E-state index is 10.8. The predicted octanol–water partition coefficient (Wildman–Crippen LogP) is 5.73. The Morgan fingerprint density at radius 1 is 1.00 bits per heavy atom. The van der Waals surface area contributed by atoms with E-state index in [0.29, 0.717) is 0 Å². The topological polar surface area (TPSA) is 20.2 Å². The molecule has 0 unspecified atom stereocenters. The fourth-order valence-electron chi connectivity index (χ4n) is 2.51. The molecule has 0 radical (unpaired) electrons. The Morgan fingerprint density at radius 2 is 1.71 bits per heavy atom. The summed E-state index contributed by atoms with van der Waals surface area (Å²) in [5.74, 6) is 0.227. The summed E-state index contributed by atoms with van der Waals surface area (Å²) in [5.41, 5.74) is 3.40. The van der Waals surface area contributed by atoms with E-state index in [0.717, 1.165) is 32.1 Å². The molecule has 0 spiro atoms. The molecule has 0 aromatic rings. The first-order chi connectivity index (χ1) is 9.83. The molecule has 0 aromatic heterocycles. The molecule has 0 aliphatic heterocycles. The molecule has 0 amide bonds. The van der Waals surface area contributed by atoms with Crippen LogP contribution in [0.3, 0.4) is 0 Å². The standard InChI is InChI=1S/C20H32O/c1-16(2)20(21)14-7-10-18(4)12-11-17(3)8-6-9-19(5)13-15-20/h9-11,13,15-16,21H,6-8,12,14H2,1-5H3/b15-13+,17-11-,18-10-,19-9-/t20-/m0/s1. The second-order valence-corrected chi connectivity index (χ2v) is 6.81. The molecule has 1 rings (SSSR count). The van der Waals surface area contributed by atoms with E-state index in [1.54, 1.807) is 0 Å². The molecule has 0 saturated carbocycles. The molecule has 1 N–H and O–H groups in total. The first-order valence-electron chi connectivity index (χ1n) is 8.23. The Hall–Kier alpha value is -1.08. The number of hydrogen-bond donors (Lipinski definition) is 1. The van der Waals surface area contributed by atoms with Gasteiger partial charge in [-0.15, -0.1) is 0 Å². The van der Waals surface area contributed by atoms with Gasteiger partial charge in [-0.2, -0.15) is 0 Å². The van der Waals surface area contributed by atoms with Crippen LogP contribution in [0.5, 0.6) is 0 Å². The third-order valence-corrected chi connectivity index (χ3v) is 4.45. The van der Waals surface area contributed by atoms with E-state index in [-0.39, 0.29) is 5.92 Å². The molecule has 1 nitrogen and oxygen atoms in total. The quantitative estimate of drug-likeness (QED) is 0.611. The molecule has 0 aromatic carbocycles. The fourth-order valence-corrected chi connectivity index (χ4v) is 2.51. The summed E-state index contributed by atoms with van der Waals surface area (Å²) in [6, 6.07) is 0. The van der Waals surface area contributed by atoms with Crippen molar-refractivity contribution in [2.24, 2.45) is 5.92 Å². The summed E-state index contributed by atoms with van der Waals surface area (Å²) in [7, 11) is 0. The maximum absolute atomic E-state index is 10.8. The van der Waals surface area contributed by atoms with Gasteiger partial charge in [0.15, 0.2) is 0 Å². The molecule has 1 aliphatic rings. The van der Waals surface area contributed by atoms with Crippen molar-refractivity contribution in [3.05, 3.63) is 47.1 Å². The van der Waals surface area contributed by atoms with E-state index in [4.69, 9.17) is 0 Å². The highest BCUT2D eigenvalue weighted by Gasteiger charge is 2.26. The minimum Gasteiger partial charge on any atom is -0.386 e. The third-order valence-electron chi connectivity index (χ3n) is 4.45. The Kier molecular flexibility index (Phi) is 7.17. The van der Waals surface area contributed by atoms with Gasteiger partial charge in [-0.05, 0) is 58.8 Å². The van der Waals surface area contributed by atoms with Crippen LogP contribution in [0.2, 0.25) is 0 Å². The van der Waals surface area contributed by atoms with Crippen LogP contribution in [-0.4, -0.2) is 10.7 Å². The van der Waals surface area contributed by atoms with Crippen LogP contribution in [-0.2, 0) is 0 Å². The highest BCUT2D eigenvalue weighted by molar-refractivity contribution is 5.21. The smallest absolute Gasteiger partial charge is 0.0856 e. The average Bonchev–Trinajstić information content (AvgIpc) is 2.42. The predicted molar refractivity (Wildman–Crippen MR) is 93.3 cm³/mol. The lowest BCUT2D eigenvalue weighted by molar-refractivity contribution is 0.0356. The first kappa shape index (κ1) is 18.0.